The highest BCUT2D eigenvalue weighted by atomic mass is 127. The van der Waals surface area contributed by atoms with Gasteiger partial charge in [-0.3, -0.25) is 0 Å². The Morgan fingerprint density at radius 3 is 2.36 bits per heavy atom. The number of fused-ring (bicyclic) bond motifs is 1. The molecule has 1 N–H and O–H groups in total. The molecule has 0 aliphatic heterocycles. The summed E-state index contributed by atoms with van der Waals surface area (Å²) in [6.07, 6.45) is 0. The second-order valence-corrected chi connectivity index (χ2v) is 5.72. The van der Waals surface area contributed by atoms with Gasteiger partial charge in [-0.2, -0.15) is 0 Å². The van der Waals surface area contributed by atoms with Gasteiger partial charge >= 0.3 is 0 Å². The van der Waals surface area contributed by atoms with Gasteiger partial charge in [-0.05, 0) is 52.1 Å². The van der Waals surface area contributed by atoms with E-state index in [2.05, 4.69) is 55.1 Å². The van der Waals surface area contributed by atoms with Crippen LogP contribution in [0, 0.1) is 14.1 Å². The molecule has 2 nitrogen and oxygen atoms in total. The van der Waals surface area contributed by atoms with Crippen LogP contribution in [-0.2, 0) is 0 Å². The summed E-state index contributed by atoms with van der Waals surface area (Å²) in [5, 5.41) is 1.17. The second-order valence-electron chi connectivity index (χ2n) is 2.80. The number of aromatic nitrogens is 2. The maximum Gasteiger partial charge on any atom is 0.105 e. The highest BCUT2D eigenvalue weighted by Crippen LogP contribution is 2.37. The zero-order valence-electron chi connectivity index (χ0n) is 6.96. The average Bonchev–Trinajstić information content (AvgIpc) is 2.54. The van der Waals surface area contributed by atoms with E-state index < -0.39 is 0 Å². The second kappa shape index (κ2) is 3.95. The number of H-pyrrole nitrogens is 1. The molecule has 0 amide bonds. The molecule has 0 saturated heterocycles. The van der Waals surface area contributed by atoms with E-state index in [9.17, 15) is 0 Å². The molecular weight excluding hydrogens is 449 g/mol. The fourth-order valence-electron chi connectivity index (χ4n) is 1.22. The average molecular weight is 453 g/mol. The van der Waals surface area contributed by atoms with Crippen molar-refractivity contribution in [2.24, 2.45) is 0 Å². The summed E-state index contributed by atoms with van der Waals surface area (Å²) in [4.78, 5) is 7.53. The van der Waals surface area contributed by atoms with Crippen molar-refractivity contribution in [1.29, 1.82) is 0 Å². The molecule has 0 bridgehead atoms. The van der Waals surface area contributed by atoms with E-state index in [1.807, 2.05) is 6.92 Å². The van der Waals surface area contributed by atoms with E-state index >= 15 is 0 Å². The SMILES string of the molecule is Cc1nc2c(I)c(Cl)c(Cl)c(I)c2[nH]1. The van der Waals surface area contributed by atoms with Crippen molar-refractivity contribution >= 4 is 79.4 Å². The van der Waals surface area contributed by atoms with Crippen LogP contribution in [0.5, 0.6) is 0 Å². The molecule has 2 aromatic rings. The predicted octanol–water partition coefficient (Wildman–Crippen LogP) is 4.39. The van der Waals surface area contributed by atoms with E-state index in [4.69, 9.17) is 23.2 Å². The van der Waals surface area contributed by atoms with Crippen molar-refractivity contribution in [3.8, 4) is 0 Å². The first-order valence-corrected chi connectivity index (χ1v) is 6.62. The van der Waals surface area contributed by atoms with Crippen molar-refractivity contribution in [3.05, 3.63) is 23.0 Å². The van der Waals surface area contributed by atoms with Gasteiger partial charge in [-0.25, -0.2) is 4.98 Å². The zero-order chi connectivity index (χ0) is 10.5. The minimum atomic E-state index is 0.579. The maximum atomic E-state index is 6.08. The summed E-state index contributed by atoms with van der Waals surface area (Å²) in [6, 6.07) is 0. The largest absolute Gasteiger partial charge is 0.341 e. The molecule has 0 atom stereocenters. The monoisotopic (exact) mass is 452 g/mol. The minimum Gasteiger partial charge on any atom is -0.341 e. The van der Waals surface area contributed by atoms with Crippen LogP contribution in [0.3, 0.4) is 0 Å². The van der Waals surface area contributed by atoms with Gasteiger partial charge in [0.2, 0.25) is 0 Å². The number of nitrogens with one attached hydrogen (secondary N) is 1. The number of rotatable bonds is 0. The van der Waals surface area contributed by atoms with E-state index in [-0.39, 0.29) is 0 Å². The first-order chi connectivity index (χ1) is 6.52. The molecule has 0 aliphatic rings. The predicted molar refractivity (Wildman–Crippen MR) is 76.3 cm³/mol. The first kappa shape index (κ1) is 11.2. The van der Waals surface area contributed by atoms with E-state index in [0.717, 1.165) is 24.0 Å². The van der Waals surface area contributed by atoms with Gasteiger partial charge in [0.25, 0.3) is 0 Å². The maximum absolute atomic E-state index is 6.08. The molecule has 1 aromatic heterocycles. The van der Waals surface area contributed by atoms with Crippen molar-refractivity contribution < 1.29 is 0 Å². The Kier molecular flexibility index (Phi) is 3.17. The molecular formula is C8H4Cl2I2N2. The molecule has 1 heterocycles. The molecule has 0 unspecified atom stereocenters. The van der Waals surface area contributed by atoms with E-state index in [1.165, 1.54) is 0 Å². The number of aromatic amines is 1. The van der Waals surface area contributed by atoms with Gasteiger partial charge in [0.05, 0.1) is 22.7 Å². The summed E-state index contributed by atoms with van der Waals surface area (Å²) in [5.41, 5.74) is 1.85. The van der Waals surface area contributed by atoms with Crippen molar-refractivity contribution in [1.82, 2.24) is 9.97 Å². The molecule has 6 heteroatoms. The summed E-state index contributed by atoms with van der Waals surface area (Å²) >= 11 is 16.5. The molecule has 0 saturated carbocycles. The molecule has 0 spiro atoms. The number of halogens is 4. The van der Waals surface area contributed by atoms with Gasteiger partial charge in [0, 0.05) is 0 Å². The van der Waals surface area contributed by atoms with Crippen LogP contribution in [0.25, 0.3) is 11.0 Å². The number of hydrogen-bond acceptors (Lipinski definition) is 1. The lowest BCUT2D eigenvalue weighted by molar-refractivity contribution is 1.17. The highest BCUT2D eigenvalue weighted by molar-refractivity contribution is 14.1. The first-order valence-electron chi connectivity index (χ1n) is 3.70. The molecule has 0 fully saturated rings. The number of imidazole rings is 1. The summed E-state index contributed by atoms with van der Waals surface area (Å²) in [6.45, 7) is 1.91. The fourth-order valence-corrected chi connectivity index (χ4v) is 3.23. The van der Waals surface area contributed by atoms with Crippen LogP contribution in [0.15, 0.2) is 0 Å². The Morgan fingerprint density at radius 2 is 1.71 bits per heavy atom. The van der Waals surface area contributed by atoms with Crippen molar-refractivity contribution in [2.75, 3.05) is 0 Å². The van der Waals surface area contributed by atoms with Crippen LogP contribution in [0.2, 0.25) is 10.0 Å². The van der Waals surface area contributed by atoms with Crippen molar-refractivity contribution in [2.45, 2.75) is 6.92 Å². The van der Waals surface area contributed by atoms with Crippen LogP contribution in [0.4, 0.5) is 0 Å². The summed E-state index contributed by atoms with van der Waals surface area (Å²) in [5.74, 6) is 0.870. The van der Waals surface area contributed by atoms with Crippen LogP contribution < -0.4 is 0 Å². The fraction of sp³-hybridized carbons (Fsp3) is 0.125. The minimum absolute atomic E-state index is 0.579. The summed E-state index contributed by atoms with van der Waals surface area (Å²) < 4.78 is 1.82. The van der Waals surface area contributed by atoms with Gasteiger partial charge in [-0.1, -0.05) is 23.2 Å². The van der Waals surface area contributed by atoms with Crippen LogP contribution >= 0.6 is 68.4 Å². The van der Waals surface area contributed by atoms with Gasteiger partial charge < -0.3 is 4.98 Å². The van der Waals surface area contributed by atoms with Gasteiger partial charge in [0.15, 0.2) is 0 Å². The number of aryl methyl sites for hydroxylation is 1. The Balaban J connectivity index is 3.01. The third-order valence-electron chi connectivity index (χ3n) is 1.83. The summed E-state index contributed by atoms with van der Waals surface area (Å²) in [7, 11) is 0. The molecule has 1 aromatic carbocycles. The smallest absolute Gasteiger partial charge is 0.105 e. The van der Waals surface area contributed by atoms with Crippen LogP contribution in [-0.4, -0.2) is 9.97 Å². The number of nitrogens with zero attached hydrogens (tertiary/aromatic N) is 1. The topological polar surface area (TPSA) is 28.7 Å². The van der Waals surface area contributed by atoms with E-state index in [1.54, 1.807) is 0 Å². The molecule has 0 aliphatic carbocycles. The molecule has 2 rings (SSSR count). The Labute approximate surface area is 118 Å². The lowest BCUT2D eigenvalue weighted by Gasteiger charge is -2.03. The third kappa shape index (κ3) is 1.64. The Hall–Kier alpha value is 0.730. The lowest BCUT2D eigenvalue weighted by Crippen LogP contribution is -1.85. The van der Waals surface area contributed by atoms with Gasteiger partial charge in [0.1, 0.15) is 11.3 Å². The van der Waals surface area contributed by atoms with Gasteiger partial charge in [-0.15, -0.1) is 0 Å². The molecule has 14 heavy (non-hydrogen) atoms. The van der Waals surface area contributed by atoms with E-state index in [0.29, 0.717) is 10.0 Å². The van der Waals surface area contributed by atoms with Crippen molar-refractivity contribution in [3.63, 3.8) is 0 Å². The van der Waals surface area contributed by atoms with Crippen LogP contribution in [0.1, 0.15) is 5.82 Å². The Morgan fingerprint density at radius 1 is 1.14 bits per heavy atom. The highest BCUT2D eigenvalue weighted by Gasteiger charge is 2.16. The standard InChI is InChI=1S/C8H4Cl2I2N2/c1-2-13-7-5(11)3(9)4(10)6(12)8(7)14-2/h1H3,(H,13,14). The molecule has 74 valence electrons. The number of benzene rings is 1. The quantitative estimate of drug-likeness (QED) is 0.358. The Bertz CT molecular complexity index is 477. The number of hydrogen-bond donors (Lipinski definition) is 1. The normalized spacial score (nSPS) is 11.2. The lowest BCUT2D eigenvalue weighted by atomic mass is 10.3. The molecule has 0 radical (unpaired) electrons. The third-order valence-corrected chi connectivity index (χ3v) is 5.45. The zero-order valence-corrected chi connectivity index (χ0v) is 12.8.